The molecule has 0 fully saturated rings. The summed E-state index contributed by atoms with van der Waals surface area (Å²) in [6.45, 7) is 6.18. The molecule has 0 aliphatic heterocycles. The second-order valence-electron chi connectivity index (χ2n) is 4.98. The first-order valence-electron chi connectivity index (χ1n) is 5.95. The Hall–Kier alpha value is -0.340. The highest BCUT2D eigenvalue weighted by molar-refractivity contribution is 4.86. The highest BCUT2D eigenvalue weighted by Crippen LogP contribution is 2.16. The molecule has 0 aromatic carbocycles. The molecule has 0 bridgehead atoms. The van der Waals surface area contributed by atoms with E-state index < -0.39 is 5.60 Å². The topological polar surface area (TPSA) is 40.5 Å². The zero-order valence-corrected chi connectivity index (χ0v) is 10.4. The van der Waals surface area contributed by atoms with Gasteiger partial charge in [-0.25, -0.2) is 0 Å². The van der Waals surface area contributed by atoms with Crippen molar-refractivity contribution in [3.05, 3.63) is 12.2 Å². The van der Waals surface area contributed by atoms with Crippen LogP contribution in [0, 0.1) is 5.92 Å². The number of hydrogen-bond acceptors (Lipinski definition) is 2. The summed E-state index contributed by atoms with van der Waals surface area (Å²) in [7, 11) is 0. The van der Waals surface area contributed by atoms with Crippen molar-refractivity contribution in [3.8, 4) is 0 Å². The average Bonchev–Trinajstić information content (AvgIpc) is 2.10. The lowest BCUT2D eigenvalue weighted by atomic mass is 9.96. The fourth-order valence-electron chi connectivity index (χ4n) is 1.49. The van der Waals surface area contributed by atoms with Gasteiger partial charge in [0.2, 0.25) is 0 Å². The molecule has 0 radical (unpaired) electrons. The van der Waals surface area contributed by atoms with Gasteiger partial charge >= 0.3 is 0 Å². The minimum absolute atomic E-state index is 0.275. The highest BCUT2D eigenvalue weighted by atomic mass is 16.3. The average molecular weight is 214 g/mol. The Morgan fingerprint density at radius 2 is 1.93 bits per heavy atom. The third-order valence-corrected chi connectivity index (χ3v) is 2.44. The van der Waals surface area contributed by atoms with E-state index in [1.165, 1.54) is 0 Å². The van der Waals surface area contributed by atoms with Gasteiger partial charge < -0.3 is 10.2 Å². The molecular formula is C13H26O2. The summed E-state index contributed by atoms with van der Waals surface area (Å²) < 4.78 is 0. The molecule has 0 aromatic heterocycles. The van der Waals surface area contributed by atoms with Crippen LogP contribution in [0.3, 0.4) is 0 Å². The van der Waals surface area contributed by atoms with Gasteiger partial charge in [-0.15, -0.1) is 0 Å². The summed E-state index contributed by atoms with van der Waals surface area (Å²) in [5.41, 5.74) is -0.527. The lowest BCUT2D eigenvalue weighted by molar-refractivity contribution is 0.0675. The Morgan fingerprint density at radius 3 is 2.47 bits per heavy atom. The molecule has 1 unspecified atom stereocenters. The second-order valence-corrected chi connectivity index (χ2v) is 4.98. The van der Waals surface area contributed by atoms with E-state index in [1.54, 1.807) is 0 Å². The SMILES string of the molecule is CC(/C=C/CCCO)CCCC(C)(C)O. The van der Waals surface area contributed by atoms with Gasteiger partial charge in [0.05, 0.1) is 5.60 Å². The van der Waals surface area contributed by atoms with Crippen LogP contribution in [0.15, 0.2) is 12.2 Å². The zero-order chi connectivity index (χ0) is 11.7. The van der Waals surface area contributed by atoms with Crippen LogP contribution in [-0.2, 0) is 0 Å². The van der Waals surface area contributed by atoms with Gasteiger partial charge in [0, 0.05) is 6.61 Å². The molecule has 0 heterocycles. The number of aliphatic hydroxyl groups excluding tert-OH is 1. The summed E-state index contributed by atoms with van der Waals surface area (Å²) in [4.78, 5) is 0. The van der Waals surface area contributed by atoms with Crippen molar-refractivity contribution < 1.29 is 10.2 Å². The van der Waals surface area contributed by atoms with Gasteiger partial charge in [0.15, 0.2) is 0 Å². The maximum Gasteiger partial charge on any atom is 0.0591 e. The smallest absolute Gasteiger partial charge is 0.0591 e. The van der Waals surface area contributed by atoms with Crippen LogP contribution in [0.5, 0.6) is 0 Å². The van der Waals surface area contributed by atoms with Gasteiger partial charge in [0.1, 0.15) is 0 Å². The maximum atomic E-state index is 9.53. The van der Waals surface area contributed by atoms with Crippen molar-refractivity contribution in [2.24, 2.45) is 5.92 Å². The van der Waals surface area contributed by atoms with Crippen LogP contribution in [0.25, 0.3) is 0 Å². The van der Waals surface area contributed by atoms with Crippen molar-refractivity contribution >= 4 is 0 Å². The summed E-state index contributed by atoms with van der Waals surface area (Å²) in [6.07, 6.45) is 9.22. The number of hydrogen-bond donors (Lipinski definition) is 2. The molecule has 1 atom stereocenters. The predicted octanol–water partition coefficient (Wildman–Crippen LogP) is 2.89. The number of allylic oxidation sites excluding steroid dienone is 2. The van der Waals surface area contributed by atoms with Gasteiger partial charge in [-0.1, -0.05) is 25.5 Å². The van der Waals surface area contributed by atoms with Crippen molar-refractivity contribution in [1.29, 1.82) is 0 Å². The number of aliphatic hydroxyl groups is 2. The van der Waals surface area contributed by atoms with Gasteiger partial charge in [-0.3, -0.25) is 0 Å². The molecule has 0 amide bonds. The molecule has 2 heteroatoms. The van der Waals surface area contributed by atoms with Crippen LogP contribution in [-0.4, -0.2) is 22.4 Å². The molecule has 0 saturated heterocycles. The van der Waals surface area contributed by atoms with Crippen LogP contribution in [0.2, 0.25) is 0 Å². The monoisotopic (exact) mass is 214 g/mol. The molecule has 0 aliphatic rings. The molecule has 0 aromatic rings. The minimum Gasteiger partial charge on any atom is -0.396 e. The van der Waals surface area contributed by atoms with E-state index in [-0.39, 0.29) is 6.61 Å². The van der Waals surface area contributed by atoms with Crippen LogP contribution < -0.4 is 0 Å². The molecule has 0 saturated carbocycles. The van der Waals surface area contributed by atoms with Crippen molar-refractivity contribution in [2.45, 2.75) is 58.5 Å². The Morgan fingerprint density at radius 1 is 1.27 bits per heavy atom. The van der Waals surface area contributed by atoms with Crippen LogP contribution in [0.1, 0.15) is 52.9 Å². The van der Waals surface area contributed by atoms with E-state index in [0.717, 1.165) is 32.1 Å². The number of rotatable bonds is 8. The first-order valence-corrected chi connectivity index (χ1v) is 5.95. The molecule has 2 N–H and O–H groups in total. The normalized spacial score (nSPS) is 14.7. The van der Waals surface area contributed by atoms with Crippen molar-refractivity contribution in [1.82, 2.24) is 0 Å². The molecule has 0 aliphatic carbocycles. The quantitative estimate of drug-likeness (QED) is 0.482. The Labute approximate surface area is 94.0 Å². The lowest BCUT2D eigenvalue weighted by Gasteiger charge is -2.17. The predicted molar refractivity (Wildman–Crippen MR) is 64.8 cm³/mol. The Bertz CT molecular complexity index is 168. The minimum atomic E-state index is -0.527. The fourth-order valence-corrected chi connectivity index (χ4v) is 1.49. The van der Waals surface area contributed by atoms with Crippen LogP contribution in [0.4, 0.5) is 0 Å². The highest BCUT2D eigenvalue weighted by Gasteiger charge is 2.11. The van der Waals surface area contributed by atoms with E-state index in [0.29, 0.717) is 5.92 Å². The molecule has 0 spiro atoms. The number of unbranched alkanes of at least 4 members (excludes halogenated alkanes) is 1. The van der Waals surface area contributed by atoms with E-state index >= 15 is 0 Å². The van der Waals surface area contributed by atoms with Gasteiger partial charge in [0.25, 0.3) is 0 Å². The van der Waals surface area contributed by atoms with E-state index in [2.05, 4.69) is 19.1 Å². The third-order valence-electron chi connectivity index (χ3n) is 2.44. The Balaban J connectivity index is 3.48. The van der Waals surface area contributed by atoms with E-state index in [1.807, 2.05) is 13.8 Å². The summed E-state index contributed by atoms with van der Waals surface area (Å²) in [5.74, 6) is 0.575. The van der Waals surface area contributed by atoms with Gasteiger partial charge in [-0.2, -0.15) is 0 Å². The zero-order valence-electron chi connectivity index (χ0n) is 10.4. The maximum absolute atomic E-state index is 9.53. The molecule has 15 heavy (non-hydrogen) atoms. The molecular weight excluding hydrogens is 188 g/mol. The summed E-state index contributed by atoms with van der Waals surface area (Å²) in [6, 6.07) is 0. The molecule has 0 rings (SSSR count). The van der Waals surface area contributed by atoms with Gasteiger partial charge in [-0.05, 0) is 45.4 Å². The van der Waals surface area contributed by atoms with Crippen LogP contribution >= 0.6 is 0 Å². The summed E-state index contributed by atoms with van der Waals surface area (Å²) >= 11 is 0. The first kappa shape index (κ1) is 14.7. The summed E-state index contributed by atoms with van der Waals surface area (Å²) in [5, 5.41) is 18.1. The Kier molecular flexibility index (Phi) is 7.71. The third kappa shape index (κ3) is 11.6. The van der Waals surface area contributed by atoms with E-state index in [4.69, 9.17) is 5.11 Å². The largest absolute Gasteiger partial charge is 0.396 e. The standard InChI is InChI=1S/C13H26O2/c1-12(8-5-4-6-11-14)9-7-10-13(2,3)15/h5,8,12,14-15H,4,6-7,9-11H2,1-3H3/b8-5+. The molecule has 90 valence electrons. The lowest BCUT2D eigenvalue weighted by Crippen LogP contribution is -2.18. The van der Waals surface area contributed by atoms with Crippen molar-refractivity contribution in [2.75, 3.05) is 6.61 Å². The second kappa shape index (κ2) is 7.89. The van der Waals surface area contributed by atoms with E-state index in [9.17, 15) is 5.11 Å². The first-order chi connectivity index (χ1) is 6.95. The van der Waals surface area contributed by atoms with Crippen molar-refractivity contribution in [3.63, 3.8) is 0 Å². The fraction of sp³-hybridized carbons (Fsp3) is 0.846. The molecule has 2 nitrogen and oxygen atoms in total.